The minimum absolute atomic E-state index is 0.201. The van der Waals surface area contributed by atoms with Crippen molar-refractivity contribution in [3.05, 3.63) is 0 Å². The Balaban J connectivity index is 1.86. The van der Waals surface area contributed by atoms with Crippen LogP contribution in [0.25, 0.3) is 0 Å². The zero-order valence-electron chi connectivity index (χ0n) is 7.95. The van der Waals surface area contributed by atoms with Gasteiger partial charge in [0.05, 0.1) is 0 Å². The first-order valence-corrected chi connectivity index (χ1v) is 4.98. The molecule has 0 heterocycles. The summed E-state index contributed by atoms with van der Waals surface area (Å²) in [6.45, 7) is 0.298. The van der Waals surface area contributed by atoms with Crippen LogP contribution in [0.2, 0.25) is 0 Å². The van der Waals surface area contributed by atoms with Gasteiger partial charge in [-0.15, -0.1) is 0 Å². The molecule has 2 fully saturated rings. The Morgan fingerprint density at radius 2 is 1.71 bits per heavy atom. The Hall–Kier alpha value is -0.290. The highest BCUT2D eigenvalue weighted by Gasteiger charge is 2.63. The normalized spacial score (nSPS) is 28.3. The summed E-state index contributed by atoms with van der Waals surface area (Å²) in [5.41, 5.74) is 3.87. The minimum atomic E-state index is -4.12. The lowest BCUT2D eigenvalue weighted by Crippen LogP contribution is -2.58. The molecule has 0 bridgehead atoms. The maximum absolute atomic E-state index is 12.5. The van der Waals surface area contributed by atoms with Gasteiger partial charge in [-0.25, -0.2) is 0 Å². The lowest BCUT2D eigenvalue weighted by atomic mass is 9.77. The van der Waals surface area contributed by atoms with E-state index in [2.05, 4.69) is 5.32 Å². The molecule has 2 saturated carbocycles. The molecule has 0 spiro atoms. The Bertz CT molecular complexity index is 229. The predicted octanol–water partition coefficient (Wildman–Crippen LogP) is 1.55. The Labute approximate surface area is 81.0 Å². The van der Waals surface area contributed by atoms with Gasteiger partial charge in [-0.2, -0.15) is 13.2 Å². The number of nitrogens with one attached hydrogen (secondary N) is 1. The maximum Gasteiger partial charge on any atom is 0.406 e. The van der Waals surface area contributed by atoms with Crippen molar-refractivity contribution < 1.29 is 13.2 Å². The summed E-state index contributed by atoms with van der Waals surface area (Å²) >= 11 is 0. The molecule has 2 aliphatic carbocycles. The summed E-state index contributed by atoms with van der Waals surface area (Å²) in [6, 6.07) is 0. The zero-order valence-corrected chi connectivity index (χ0v) is 7.95. The molecule has 0 unspecified atom stereocenters. The topological polar surface area (TPSA) is 38.0 Å². The van der Waals surface area contributed by atoms with Crippen LogP contribution < -0.4 is 11.1 Å². The van der Waals surface area contributed by atoms with Gasteiger partial charge in [-0.3, -0.25) is 0 Å². The van der Waals surface area contributed by atoms with Crippen LogP contribution in [0, 0.1) is 0 Å². The second-order valence-corrected chi connectivity index (χ2v) is 4.65. The molecule has 0 atom stereocenters. The fourth-order valence-corrected chi connectivity index (χ4v) is 1.84. The third kappa shape index (κ3) is 1.63. The van der Waals surface area contributed by atoms with Crippen LogP contribution >= 0.6 is 0 Å². The quantitative estimate of drug-likeness (QED) is 0.738. The monoisotopic (exact) mass is 208 g/mol. The van der Waals surface area contributed by atoms with Crippen molar-refractivity contribution in [2.45, 2.75) is 49.4 Å². The highest BCUT2D eigenvalue weighted by atomic mass is 19.4. The molecule has 0 amide bonds. The molecule has 0 aromatic rings. The molecule has 2 aliphatic rings. The Kier molecular flexibility index (Phi) is 2.09. The van der Waals surface area contributed by atoms with E-state index in [4.69, 9.17) is 5.73 Å². The molecule has 0 aromatic heterocycles. The van der Waals surface area contributed by atoms with E-state index in [0.717, 1.165) is 19.3 Å². The van der Waals surface area contributed by atoms with E-state index < -0.39 is 11.7 Å². The number of hydrogen-bond acceptors (Lipinski definition) is 2. The van der Waals surface area contributed by atoms with E-state index in [1.54, 1.807) is 0 Å². The molecule has 2 rings (SSSR count). The summed E-state index contributed by atoms with van der Waals surface area (Å²) in [6.07, 6.45) is -0.995. The molecule has 5 heteroatoms. The first-order chi connectivity index (χ1) is 6.37. The number of halogens is 3. The molecule has 0 aliphatic heterocycles. The molecule has 2 nitrogen and oxygen atoms in total. The molecule has 3 N–H and O–H groups in total. The molecule has 0 aromatic carbocycles. The van der Waals surface area contributed by atoms with Crippen LogP contribution in [0.5, 0.6) is 0 Å². The summed E-state index contributed by atoms with van der Waals surface area (Å²) in [7, 11) is 0. The average molecular weight is 208 g/mol. The van der Waals surface area contributed by atoms with Crippen LogP contribution in [0.3, 0.4) is 0 Å². The van der Waals surface area contributed by atoms with E-state index in [1.165, 1.54) is 0 Å². The number of rotatable bonds is 3. The molecule has 14 heavy (non-hydrogen) atoms. The summed E-state index contributed by atoms with van der Waals surface area (Å²) in [4.78, 5) is 0. The largest absolute Gasteiger partial charge is 0.406 e. The number of hydrogen-bond donors (Lipinski definition) is 2. The number of nitrogens with two attached hydrogens (primary N) is 1. The van der Waals surface area contributed by atoms with Gasteiger partial charge in [0.25, 0.3) is 0 Å². The standard InChI is InChI=1S/C9H15F3N2/c10-9(11,12)8(4-5-8)14-6-7(13)2-1-3-7/h14H,1-6,13H2. The van der Waals surface area contributed by atoms with Crippen LogP contribution in [0.4, 0.5) is 13.2 Å². The summed E-state index contributed by atoms with van der Waals surface area (Å²) in [5.74, 6) is 0. The Morgan fingerprint density at radius 3 is 2.00 bits per heavy atom. The average Bonchev–Trinajstić information content (AvgIpc) is 2.76. The second kappa shape index (κ2) is 2.85. The fraction of sp³-hybridized carbons (Fsp3) is 1.00. The smallest absolute Gasteiger partial charge is 0.324 e. The van der Waals surface area contributed by atoms with Crippen LogP contribution in [0.15, 0.2) is 0 Å². The van der Waals surface area contributed by atoms with Crippen LogP contribution in [-0.2, 0) is 0 Å². The van der Waals surface area contributed by atoms with Crippen molar-refractivity contribution in [1.29, 1.82) is 0 Å². The van der Waals surface area contributed by atoms with Crippen molar-refractivity contribution in [3.63, 3.8) is 0 Å². The first-order valence-electron chi connectivity index (χ1n) is 4.98. The Morgan fingerprint density at radius 1 is 1.14 bits per heavy atom. The van der Waals surface area contributed by atoms with Crippen molar-refractivity contribution in [2.75, 3.05) is 6.54 Å². The predicted molar refractivity (Wildman–Crippen MR) is 46.8 cm³/mol. The van der Waals surface area contributed by atoms with E-state index in [0.29, 0.717) is 6.54 Å². The van der Waals surface area contributed by atoms with Crippen molar-refractivity contribution in [1.82, 2.24) is 5.32 Å². The van der Waals surface area contributed by atoms with Gasteiger partial charge in [0.15, 0.2) is 0 Å². The fourth-order valence-electron chi connectivity index (χ4n) is 1.84. The van der Waals surface area contributed by atoms with Gasteiger partial charge in [0.1, 0.15) is 5.54 Å². The van der Waals surface area contributed by atoms with Crippen LogP contribution in [-0.4, -0.2) is 23.8 Å². The van der Waals surface area contributed by atoms with Gasteiger partial charge in [0.2, 0.25) is 0 Å². The van der Waals surface area contributed by atoms with Crippen molar-refractivity contribution in [2.24, 2.45) is 5.73 Å². The van der Waals surface area contributed by atoms with Gasteiger partial charge in [-0.05, 0) is 32.1 Å². The summed E-state index contributed by atoms with van der Waals surface area (Å²) in [5, 5.41) is 2.60. The van der Waals surface area contributed by atoms with Crippen LogP contribution in [0.1, 0.15) is 32.1 Å². The van der Waals surface area contributed by atoms with Gasteiger partial charge in [-0.1, -0.05) is 0 Å². The maximum atomic E-state index is 12.5. The lowest BCUT2D eigenvalue weighted by molar-refractivity contribution is -0.166. The van der Waals surface area contributed by atoms with E-state index in [9.17, 15) is 13.2 Å². The molecule has 0 radical (unpaired) electrons. The van der Waals surface area contributed by atoms with Gasteiger partial charge < -0.3 is 11.1 Å². The van der Waals surface area contributed by atoms with E-state index >= 15 is 0 Å². The minimum Gasteiger partial charge on any atom is -0.324 e. The van der Waals surface area contributed by atoms with Crippen molar-refractivity contribution >= 4 is 0 Å². The van der Waals surface area contributed by atoms with E-state index in [1.807, 2.05) is 0 Å². The summed E-state index contributed by atoms with van der Waals surface area (Å²) < 4.78 is 37.5. The second-order valence-electron chi connectivity index (χ2n) is 4.65. The van der Waals surface area contributed by atoms with Gasteiger partial charge >= 0.3 is 6.18 Å². The molecular formula is C9H15F3N2. The highest BCUT2D eigenvalue weighted by Crippen LogP contribution is 2.49. The van der Waals surface area contributed by atoms with E-state index in [-0.39, 0.29) is 18.4 Å². The zero-order chi connectivity index (χ0) is 10.4. The van der Waals surface area contributed by atoms with Gasteiger partial charge in [0, 0.05) is 12.1 Å². The highest BCUT2D eigenvalue weighted by molar-refractivity contribution is 5.10. The third-order valence-electron chi connectivity index (χ3n) is 3.42. The first kappa shape index (κ1) is 10.2. The lowest BCUT2D eigenvalue weighted by Gasteiger charge is -2.39. The molecular weight excluding hydrogens is 193 g/mol. The number of alkyl halides is 3. The molecule has 0 saturated heterocycles. The van der Waals surface area contributed by atoms with Crippen molar-refractivity contribution in [3.8, 4) is 0 Å². The SMILES string of the molecule is NC1(CNC2(C(F)(F)F)CC2)CCC1. The molecule has 82 valence electrons. The third-order valence-corrected chi connectivity index (χ3v) is 3.42.